The molecule has 36 heavy (non-hydrogen) atoms. The number of ketones is 1. The summed E-state index contributed by atoms with van der Waals surface area (Å²) >= 11 is 11.9. The Hall–Kier alpha value is -3.63. The standard InChI is InChI=1S/C24H24Cl2N2O8/c1-13(2)21(36-24(34)27-14-7-4-3-5-8-14)22(32)28-17(11-19(30)31)18(29)12-35-23(33)20-15(25)9-6-10-16(20)26/h3-10,13,17,21H,11-12H2,1-2H3,(H,27,34)(H,28,32)(H,30,31)/t17-,21-/m0/s1. The summed E-state index contributed by atoms with van der Waals surface area (Å²) in [5.41, 5.74) is 0.273. The first kappa shape index (κ1) is 28.6. The molecule has 192 valence electrons. The molecule has 0 bridgehead atoms. The molecule has 2 aromatic rings. The molecular formula is C24H24Cl2N2O8. The maximum Gasteiger partial charge on any atom is 0.412 e. The molecule has 0 heterocycles. The number of anilines is 1. The van der Waals surface area contributed by atoms with Crippen LogP contribution in [0.2, 0.25) is 10.0 Å². The van der Waals surface area contributed by atoms with Gasteiger partial charge in [0, 0.05) is 5.69 Å². The Morgan fingerprint density at radius 1 is 0.944 bits per heavy atom. The molecule has 10 nitrogen and oxygen atoms in total. The second kappa shape index (κ2) is 13.5. The zero-order chi connectivity index (χ0) is 26.8. The lowest BCUT2D eigenvalue weighted by molar-refractivity contribution is -0.142. The number of carboxylic acid groups (broad SMARTS) is 1. The Balaban J connectivity index is 2.06. The van der Waals surface area contributed by atoms with Gasteiger partial charge in [-0.1, -0.05) is 61.3 Å². The summed E-state index contributed by atoms with van der Waals surface area (Å²) in [6, 6.07) is 11.1. The molecule has 0 fully saturated rings. The van der Waals surface area contributed by atoms with Crippen molar-refractivity contribution in [3.8, 4) is 0 Å². The van der Waals surface area contributed by atoms with Crippen LogP contribution in [0, 0.1) is 5.92 Å². The van der Waals surface area contributed by atoms with E-state index in [2.05, 4.69) is 10.6 Å². The first-order chi connectivity index (χ1) is 17.0. The predicted molar refractivity (Wildman–Crippen MR) is 131 cm³/mol. The van der Waals surface area contributed by atoms with E-state index in [1.807, 2.05) is 0 Å². The van der Waals surface area contributed by atoms with Gasteiger partial charge in [0.2, 0.25) is 0 Å². The van der Waals surface area contributed by atoms with E-state index in [1.165, 1.54) is 18.2 Å². The smallest absolute Gasteiger partial charge is 0.412 e. The van der Waals surface area contributed by atoms with Crippen molar-refractivity contribution in [3.63, 3.8) is 0 Å². The largest absolute Gasteiger partial charge is 0.481 e. The van der Waals surface area contributed by atoms with E-state index in [0.717, 1.165) is 0 Å². The number of hydrogen-bond donors (Lipinski definition) is 3. The number of carboxylic acids is 1. The van der Waals surface area contributed by atoms with E-state index >= 15 is 0 Å². The SMILES string of the molecule is CC(C)[C@H](OC(=O)Nc1ccccc1)C(=O)N[C@@H](CC(=O)O)C(=O)COC(=O)c1c(Cl)cccc1Cl. The Morgan fingerprint density at radius 2 is 1.56 bits per heavy atom. The Morgan fingerprint density at radius 3 is 2.11 bits per heavy atom. The molecule has 12 heteroatoms. The third kappa shape index (κ3) is 8.54. The van der Waals surface area contributed by atoms with Crippen molar-refractivity contribution in [1.82, 2.24) is 5.32 Å². The molecular weight excluding hydrogens is 515 g/mol. The molecule has 0 saturated carbocycles. The Labute approximate surface area is 216 Å². The van der Waals surface area contributed by atoms with Gasteiger partial charge in [0.1, 0.15) is 6.04 Å². The molecule has 0 saturated heterocycles. The molecule has 0 aromatic heterocycles. The minimum Gasteiger partial charge on any atom is -0.481 e. The molecule has 0 radical (unpaired) electrons. The Kier molecular flexibility index (Phi) is 10.7. The van der Waals surface area contributed by atoms with Crippen LogP contribution in [0.15, 0.2) is 48.5 Å². The van der Waals surface area contributed by atoms with E-state index in [0.29, 0.717) is 5.69 Å². The lowest BCUT2D eigenvalue weighted by Crippen LogP contribution is -2.50. The quantitative estimate of drug-likeness (QED) is 0.364. The fraction of sp³-hybridized carbons (Fsp3) is 0.292. The van der Waals surface area contributed by atoms with Crippen LogP contribution in [0.25, 0.3) is 0 Å². The number of hydrogen-bond acceptors (Lipinski definition) is 7. The molecule has 0 aliphatic rings. The van der Waals surface area contributed by atoms with Gasteiger partial charge in [0.15, 0.2) is 18.5 Å². The average molecular weight is 539 g/mol. The molecule has 0 aliphatic carbocycles. The zero-order valence-corrected chi connectivity index (χ0v) is 20.8. The fourth-order valence-electron chi connectivity index (χ4n) is 2.95. The van der Waals surface area contributed by atoms with Crippen LogP contribution in [-0.4, -0.2) is 53.6 Å². The lowest BCUT2D eigenvalue weighted by atomic mass is 10.0. The van der Waals surface area contributed by atoms with Crippen LogP contribution in [0.5, 0.6) is 0 Å². The number of rotatable bonds is 11. The highest BCUT2D eigenvalue weighted by atomic mass is 35.5. The third-order valence-electron chi connectivity index (χ3n) is 4.71. The van der Waals surface area contributed by atoms with Gasteiger partial charge in [-0.25, -0.2) is 9.59 Å². The number of benzene rings is 2. The fourth-order valence-corrected chi connectivity index (χ4v) is 3.50. The molecule has 2 atom stereocenters. The maximum absolute atomic E-state index is 12.8. The number of esters is 1. The topological polar surface area (TPSA) is 148 Å². The Bertz CT molecular complexity index is 1100. The van der Waals surface area contributed by atoms with Crippen molar-refractivity contribution in [2.75, 3.05) is 11.9 Å². The van der Waals surface area contributed by atoms with Gasteiger partial charge in [-0.2, -0.15) is 0 Å². The number of para-hydroxylation sites is 1. The second-order valence-corrected chi connectivity index (χ2v) is 8.67. The van der Waals surface area contributed by atoms with Crippen LogP contribution >= 0.6 is 23.2 Å². The summed E-state index contributed by atoms with van der Waals surface area (Å²) in [6.07, 6.45) is -3.06. The van der Waals surface area contributed by atoms with Crippen LogP contribution in [0.3, 0.4) is 0 Å². The van der Waals surface area contributed by atoms with Gasteiger partial charge in [0.25, 0.3) is 5.91 Å². The summed E-state index contributed by atoms with van der Waals surface area (Å²) in [4.78, 5) is 61.3. The van der Waals surface area contributed by atoms with Crippen LogP contribution in [-0.2, 0) is 23.9 Å². The monoisotopic (exact) mass is 538 g/mol. The highest BCUT2D eigenvalue weighted by Gasteiger charge is 2.32. The van der Waals surface area contributed by atoms with E-state index in [4.69, 9.17) is 32.7 Å². The van der Waals surface area contributed by atoms with E-state index in [9.17, 15) is 29.1 Å². The highest BCUT2D eigenvalue weighted by molar-refractivity contribution is 6.39. The van der Waals surface area contributed by atoms with Crippen molar-refractivity contribution in [2.24, 2.45) is 5.92 Å². The zero-order valence-electron chi connectivity index (χ0n) is 19.3. The predicted octanol–water partition coefficient (Wildman–Crippen LogP) is 3.95. The minimum absolute atomic E-state index is 0.000964. The summed E-state index contributed by atoms with van der Waals surface area (Å²) in [5, 5.41) is 13.9. The van der Waals surface area contributed by atoms with Gasteiger partial charge in [0.05, 0.1) is 22.0 Å². The number of Topliss-reactive ketones (excluding diaryl/α,β-unsaturated/α-hetero) is 1. The molecule has 2 rings (SSSR count). The normalized spacial score (nSPS) is 12.2. The molecule has 3 N–H and O–H groups in total. The average Bonchev–Trinajstić information content (AvgIpc) is 2.80. The maximum atomic E-state index is 12.8. The summed E-state index contributed by atoms with van der Waals surface area (Å²) in [5.74, 6) is -4.71. The molecule has 2 amide bonds. The number of aliphatic carboxylic acids is 1. The van der Waals surface area contributed by atoms with Gasteiger partial charge in [-0.15, -0.1) is 0 Å². The van der Waals surface area contributed by atoms with E-state index < -0.39 is 60.8 Å². The third-order valence-corrected chi connectivity index (χ3v) is 5.34. The molecule has 0 unspecified atom stereocenters. The first-order valence-electron chi connectivity index (χ1n) is 10.7. The number of amides is 2. The number of carbonyl (C=O) groups excluding carboxylic acids is 4. The van der Waals surface area contributed by atoms with Crippen LogP contribution in [0.1, 0.15) is 30.6 Å². The van der Waals surface area contributed by atoms with Gasteiger partial charge >= 0.3 is 18.0 Å². The first-order valence-corrected chi connectivity index (χ1v) is 11.4. The highest BCUT2D eigenvalue weighted by Crippen LogP contribution is 2.25. The summed E-state index contributed by atoms with van der Waals surface area (Å²) < 4.78 is 10.1. The minimum atomic E-state index is -1.56. The lowest BCUT2D eigenvalue weighted by Gasteiger charge is -2.23. The van der Waals surface area contributed by atoms with Crippen molar-refractivity contribution >= 4 is 58.6 Å². The van der Waals surface area contributed by atoms with Gasteiger partial charge < -0.3 is 19.9 Å². The van der Waals surface area contributed by atoms with E-state index in [1.54, 1.807) is 44.2 Å². The molecule has 0 aliphatic heterocycles. The summed E-state index contributed by atoms with van der Waals surface area (Å²) in [6.45, 7) is 2.34. The molecule has 0 spiro atoms. The second-order valence-electron chi connectivity index (χ2n) is 7.86. The number of carbonyl (C=O) groups is 5. The van der Waals surface area contributed by atoms with Crippen molar-refractivity contribution in [2.45, 2.75) is 32.4 Å². The van der Waals surface area contributed by atoms with Gasteiger partial charge in [-0.3, -0.25) is 19.7 Å². The van der Waals surface area contributed by atoms with Crippen molar-refractivity contribution in [1.29, 1.82) is 0 Å². The number of halogens is 2. The van der Waals surface area contributed by atoms with Gasteiger partial charge in [-0.05, 0) is 30.2 Å². The molecule has 2 aromatic carbocycles. The van der Waals surface area contributed by atoms with Crippen molar-refractivity contribution < 1.29 is 38.6 Å². The summed E-state index contributed by atoms with van der Waals surface area (Å²) in [7, 11) is 0. The van der Waals surface area contributed by atoms with Crippen molar-refractivity contribution in [3.05, 3.63) is 64.1 Å². The van der Waals surface area contributed by atoms with Crippen LogP contribution < -0.4 is 10.6 Å². The number of nitrogens with one attached hydrogen (secondary N) is 2. The van der Waals surface area contributed by atoms with Crippen LogP contribution in [0.4, 0.5) is 10.5 Å². The number of ether oxygens (including phenoxy) is 2. The van der Waals surface area contributed by atoms with E-state index in [-0.39, 0.29) is 15.6 Å².